The number of hydrogen-bond acceptors (Lipinski definition) is 4. The minimum absolute atomic E-state index is 0.00692. The minimum atomic E-state index is -3.45. The van der Waals surface area contributed by atoms with E-state index < -0.39 is 10.0 Å². The molecule has 0 atom stereocenters. The van der Waals surface area contributed by atoms with E-state index in [1.54, 1.807) is 12.1 Å². The molecule has 2 rings (SSSR count). The van der Waals surface area contributed by atoms with Gasteiger partial charge in [0.05, 0.1) is 11.4 Å². The molecule has 1 heterocycles. The Kier molecular flexibility index (Phi) is 4.01. The van der Waals surface area contributed by atoms with Crippen molar-refractivity contribution in [3.8, 4) is 0 Å². The number of aryl methyl sites for hydroxylation is 1. The Morgan fingerprint density at radius 3 is 2.53 bits per heavy atom. The zero-order valence-corrected chi connectivity index (χ0v) is 11.1. The van der Waals surface area contributed by atoms with Gasteiger partial charge in [-0.2, -0.15) is 0 Å². The Morgan fingerprint density at radius 2 is 1.84 bits per heavy atom. The van der Waals surface area contributed by atoms with Crippen molar-refractivity contribution in [1.29, 1.82) is 0 Å². The Bertz CT molecular complexity index is 642. The number of hydrogen-bond donors (Lipinski definition) is 2. The topological polar surface area (TPSA) is 85.1 Å². The van der Waals surface area contributed by atoms with Gasteiger partial charge in [-0.15, -0.1) is 0 Å². The van der Waals surface area contributed by atoms with Gasteiger partial charge in [0.2, 0.25) is 10.0 Å². The molecule has 1 aromatic heterocycles. The van der Waals surface area contributed by atoms with Crippen LogP contribution in [0.4, 0.5) is 11.5 Å². The predicted molar refractivity (Wildman–Crippen MR) is 76.2 cm³/mol. The number of anilines is 2. The maximum atomic E-state index is 11.9. The third-order valence-electron chi connectivity index (χ3n) is 2.59. The van der Waals surface area contributed by atoms with Gasteiger partial charge in [0.15, 0.2) is 5.82 Å². The number of rotatable bonds is 5. The minimum Gasteiger partial charge on any atom is -0.396 e. The highest BCUT2D eigenvalue weighted by Gasteiger charge is 2.12. The normalized spacial score (nSPS) is 11.2. The molecule has 3 N–H and O–H groups in total. The fourth-order valence-corrected chi connectivity index (χ4v) is 2.67. The first-order valence-electron chi connectivity index (χ1n) is 5.82. The van der Waals surface area contributed by atoms with Crippen LogP contribution in [0, 0.1) is 0 Å². The molecule has 0 aliphatic heterocycles. The average Bonchev–Trinajstić information content (AvgIpc) is 2.40. The summed E-state index contributed by atoms with van der Waals surface area (Å²) in [5.41, 5.74) is 6.93. The maximum absolute atomic E-state index is 11.9. The molecular weight excluding hydrogens is 262 g/mol. The molecule has 100 valence electrons. The van der Waals surface area contributed by atoms with E-state index in [0.29, 0.717) is 12.1 Å². The first kappa shape index (κ1) is 13.4. The molecule has 0 saturated carbocycles. The third kappa shape index (κ3) is 3.96. The molecule has 0 amide bonds. The third-order valence-corrected chi connectivity index (χ3v) is 3.84. The van der Waals surface area contributed by atoms with Crippen LogP contribution in [0.5, 0.6) is 0 Å². The molecule has 2 aromatic rings. The molecule has 0 unspecified atom stereocenters. The number of aromatic nitrogens is 1. The van der Waals surface area contributed by atoms with Crippen molar-refractivity contribution in [3.05, 3.63) is 54.2 Å². The summed E-state index contributed by atoms with van der Waals surface area (Å²) < 4.78 is 26.2. The molecule has 0 bridgehead atoms. The summed E-state index contributed by atoms with van der Waals surface area (Å²) in [7, 11) is -3.45. The van der Waals surface area contributed by atoms with Crippen molar-refractivity contribution in [1.82, 2.24) is 4.98 Å². The highest BCUT2D eigenvalue weighted by Crippen LogP contribution is 2.15. The lowest BCUT2D eigenvalue weighted by molar-refractivity contribution is 0.600. The molecular formula is C13H15N3O2S. The number of nitrogens with one attached hydrogen (secondary N) is 1. The molecule has 0 aliphatic rings. The summed E-state index contributed by atoms with van der Waals surface area (Å²) in [5.74, 6) is 0.170. The van der Waals surface area contributed by atoms with Gasteiger partial charge < -0.3 is 5.73 Å². The first-order valence-corrected chi connectivity index (χ1v) is 7.47. The van der Waals surface area contributed by atoms with Crippen LogP contribution in [0.3, 0.4) is 0 Å². The summed E-state index contributed by atoms with van der Waals surface area (Å²) in [4.78, 5) is 3.90. The Morgan fingerprint density at radius 1 is 1.11 bits per heavy atom. The fraction of sp³-hybridized carbons (Fsp3) is 0.154. The Hall–Kier alpha value is -2.08. The van der Waals surface area contributed by atoms with E-state index in [1.165, 1.54) is 6.20 Å². The number of nitrogen functional groups attached to an aromatic ring is 1. The van der Waals surface area contributed by atoms with E-state index in [1.807, 2.05) is 30.3 Å². The van der Waals surface area contributed by atoms with Crippen molar-refractivity contribution in [3.63, 3.8) is 0 Å². The van der Waals surface area contributed by atoms with Gasteiger partial charge in [-0.1, -0.05) is 30.3 Å². The van der Waals surface area contributed by atoms with Gasteiger partial charge in [0, 0.05) is 6.20 Å². The second kappa shape index (κ2) is 5.71. The maximum Gasteiger partial charge on any atom is 0.234 e. The van der Waals surface area contributed by atoms with Crippen molar-refractivity contribution >= 4 is 21.5 Å². The predicted octanol–water partition coefficient (Wildman–Crippen LogP) is 1.65. The van der Waals surface area contributed by atoms with Crippen molar-refractivity contribution in [2.75, 3.05) is 16.2 Å². The highest BCUT2D eigenvalue weighted by molar-refractivity contribution is 7.92. The van der Waals surface area contributed by atoms with Gasteiger partial charge in [-0.25, -0.2) is 13.4 Å². The molecule has 0 fully saturated rings. The summed E-state index contributed by atoms with van der Waals surface area (Å²) in [5, 5.41) is 0. The van der Waals surface area contributed by atoms with Crippen molar-refractivity contribution < 1.29 is 8.42 Å². The molecule has 0 aliphatic carbocycles. The van der Waals surface area contributed by atoms with E-state index in [4.69, 9.17) is 5.73 Å². The largest absolute Gasteiger partial charge is 0.396 e. The standard InChI is InChI=1S/C13H15N3O2S/c14-12-7-4-9-15-13(12)16-19(17,18)10-8-11-5-2-1-3-6-11/h1-7,9H,8,10,14H2,(H,15,16). The Balaban J connectivity index is 2.02. The number of nitrogens with zero attached hydrogens (tertiary/aromatic N) is 1. The lowest BCUT2D eigenvalue weighted by atomic mass is 10.2. The van der Waals surface area contributed by atoms with E-state index >= 15 is 0 Å². The first-order chi connectivity index (χ1) is 9.07. The van der Waals surface area contributed by atoms with Crippen LogP contribution in [0.1, 0.15) is 5.56 Å². The summed E-state index contributed by atoms with van der Waals surface area (Å²) >= 11 is 0. The molecule has 19 heavy (non-hydrogen) atoms. The van der Waals surface area contributed by atoms with Crippen molar-refractivity contribution in [2.45, 2.75) is 6.42 Å². The molecule has 6 heteroatoms. The smallest absolute Gasteiger partial charge is 0.234 e. The zero-order chi connectivity index (χ0) is 13.7. The van der Waals surface area contributed by atoms with Crippen LogP contribution in [0.15, 0.2) is 48.7 Å². The zero-order valence-electron chi connectivity index (χ0n) is 10.3. The van der Waals surface area contributed by atoms with Gasteiger partial charge in [0.1, 0.15) is 0 Å². The number of sulfonamides is 1. The molecule has 0 spiro atoms. The van der Waals surface area contributed by atoms with Crippen LogP contribution >= 0.6 is 0 Å². The second-order valence-corrected chi connectivity index (χ2v) is 5.94. The highest BCUT2D eigenvalue weighted by atomic mass is 32.2. The summed E-state index contributed by atoms with van der Waals surface area (Å²) in [6.07, 6.45) is 1.94. The van der Waals surface area contributed by atoms with E-state index in [9.17, 15) is 8.42 Å². The SMILES string of the molecule is Nc1cccnc1NS(=O)(=O)CCc1ccccc1. The average molecular weight is 277 g/mol. The summed E-state index contributed by atoms with van der Waals surface area (Å²) in [6, 6.07) is 12.7. The Labute approximate surface area is 112 Å². The van der Waals surface area contributed by atoms with Crippen LogP contribution in [0.2, 0.25) is 0 Å². The monoisotopic (exact) mass is 277 g/mol. The molecule has 5 nitrogen and oxygen atoms in total. The molecule has 1 aromatic carbocycles. The lowest BCUT2D eigenvalue weighted by Crippen LogP contribution is -2.19. The van der Waals surface area contributed by atoms with Gasteiger partial charge >= 0.3 is 0 Å². The summed E-state index contributed by atoms with van der Waals surface area (Å²) in [6.45, 7) is 0. The van der Waals surface area contributed by atoms with Gasteiger partial charge in [-0.05, 0) is 24.1 Å². The van der Waals surface area contributed by atoms with Crippen LogP contribution in [-0.2, 0) is 16.4 Å². The van der Waals surface area contributed by atoms with Gasteiger partial charge in [-0.3, -0.25) is 4.72 Å². The number of nitrogens with two attached hydrogens (primary N) is 1. The second-order valence-electron chi connectivity index (χ2n) is 4.10. The quantitative estimate of drug-likeness (QED) is 0.870. The van der Waals surface area contributed by atoms with Gasteiger partial charge in [0.25, 0.3) is 0 Å². The van der Waals surface area contributed by atoms with Crippen LogP contribution < -0.4 is 10.5 Å². The molecule has 0 saturated heterocycles. The van der Waals surface area contributed by atoms with E-state index in [-0.39, 0.29) is 11.6 Å². The van der Waals surface area contributed by atoms with Crippen LogP contribution in [0.25, 0.3) is 0 Å². The lowest BCUT2D eigenvalue weighted by Gasteiger charge is -2.08. The number of benzene rings is 1. The van der Waals surface area contributed by atoms with E-state index in [2.05, 4.69) is 9.71 Å². The van der Waals surface area contributed by atoms with E-state index in [0.717, 1.165) is 5.56 Å². The number of pyridine rings is 1. The van der Waals surface area contributed by atoms with Crippen LogP contribution in [-0.4, -0.2) is 19.2 Å². The van der Waals surface area contributed by atoms with Crippen molar-refractivity contribution in [2.24, 2.45) is 0 Å². The fourth-order valence-electron chi connectivity index (χ4n) is 1.60. The molecule has 0 radical (unpaired) electrons.